The van der Waals surface area contributed by atoms with E-state index in [0.717, 1.165) is 5.56 Å². The Kier molecular flexibility index (Phi) is 6.66. The zero-order valence-electron chi connectivity index (χ0n) is 16.2. The number of benzene rings is 3. The summed E-state index contributed by atoms with van der Waals surface area (Å²) in [5, 5.41) is 4.46. The molecule has 31 heavy (non-hydrogen) atoms. The highest BCUT2D eigenvalue weighted by atomic mass is 35.5. The van der Waals surface area contributed by atoms with Crippen molar-refractivity contribution < 1.29 is 13.9 Å². The van der Waals surface area contributed by atoms with E-state index in [1.807, 2.05) is 12.1 Å². The van der Waals surface area contributed by atoms with Gasteiger partial charge >= 0.3 is 0 Å². The van der Waals surface area contributed by atoms with Crippen molar-refractivity contribution in [1.82, 2.24) is 4.98 Å². The lowest BCUT2D eigenvalue weighted by molar-refractivity contribution is -0.116. The molecule has 0 aliphatic heterocycles. The van der Waals surface area contributed by atoms with Crippen LogP contribution < -0.4 is 10.1 Å². The first-order valence-electron chi connectivity index (χ1n) is 9.52. The Morgan fingerprint density at radius 3 is 2.65 bits per heavy atom. The number of hydrogen-bond acceptors (Lipinski definition) is 4. The van der Waals surface area contributed by atoms with Crippen LogP contribution in [-0.4, -0.2) is 17.5 Å². The minimum Gasteiger partial charge on any atom is -0.492 e. The van der Waals surface area contributed by atoms with E-state index in [1.54, 1.807) is 48.5 Å². The third-order valence-electron chi connectivity index (χ3n) is 4.44. The van der Waals surface area contributed by atoms with E-state index < -0.39 is 0 Å². The Labute approximate surface area is 193 Å². The Morgan fingerprint density at radius 1 is 1.00 bits per heavy atom. The number of rotatable bonds is 7. The van der Waals surface area contributed by atoms with Crippen molar-refractivity contribution >= 4 is 57.5 Å². The van der Waals surface area contributed by atoms with Crippen LogP contribution in [0.5, 0.6) is 5.75 Å². The summed E-state index contributed by atoms with van der Waals surface area (Å²) < 4.78 is 11.4. The summed E-state index contributed by atoms with van der Waals surface area (Å²) in [6, 6.07) is 17.6. The number of aromatic nitrogens is 1. The molecule has 4 rings (SSSR count). The maximum absolute atomic E-state index is 12.3. The van der Waals surface area contributed by atoms with Crippen LogP contribution >= 0.6 is 34.8 Å². The molecule has 158 valence electrons. The van der Waals surface area contributed by atoms with Gasteiger partial charge in [-0.25, -0.2) is 4.98 Å². The normalized spacial score (nSPS) is 10.9. The lowest BCUT2D eigenvalue weighted by Crippen LogP contribution is -2.12. The van der Waals surface area contributed by atoms with Gasteiger partial charge in [-0.3, -0.25) is 4.79 Å². The standard InChI is InChI=1S/C23H17Cl3N2O3/c24-15-4-1-3-14(11-15)23-28-19-13-17(7-9-21(19)31-23)27-22(29)5-2-10-30-20-8-6-16(25)12-18(20)26/h1,3-4,6-9,11-13H,2,5,10H2,(H,27,29). The zero-order chi connectivity index (χ0) is 21.8. The Bertz CT molecular complexity index is 1240. The molecule has 0 aliphatic carbocycles. The van der Waals surface area contributed by atoms with Crippen LogP contribution in [0.3, 0.4) is 0 Å². The predicted octanol–water partition coefficient (Wildman–Crippen LogP) is 7.25. The molecule has 3 aromatic carbocycles. The summed E-state index contributed by atoms with van der Waals surface area (Å²) in [5.41, 5.74) is 2.70. The van der Waals surface area contributed by atoms with Crippen LogP contribution in [0, 0.1) is 0 Å². The average molecular weight is 476 g/mol. The maximum Gasteiger partial charge on any atom is 0.227 e. The van der Waals surface area contributed by atoms with Gasteiger partial charge in [0.2, 0.25) is 11.8 Å². The number of hydrogen-bond donors (Lipinski definition) is 1. The molecule has 0 radical (unpaired) electrons. The van der Waals surface area contributed by atoms with Crippen LogP contribution in [0.1, 0.15) is 12.8 Å². The minimum absolute atomic E-state index is 0.122. The second-order valence-corrected chi connectivity index (χ2v) is 8.07. The molecule has 1 N–H and O–H groups in total. The fourth-order valence-corrected chi connectivity index (χ4v) is 3.63. The molecule has 1 amide bonds. The van der Waals surface area contributed by atoms with E-state index in [2.05, 4.69) is 10.3 Å². The van der Waals surface area contributed by atoms with Gasteiger partial charge in [0, 0.05) is 27.7 Å². The van der Waals surface area contributed by atoms with Gasteiger partial charge in [-0.1, -0.05) is 40.9 Å². The van der Waals surface area contributed by atoms with Crippen molar-refractivity contribution in [1.29, 1.82) is 0 Å². The van der Waals surface area contributed by atoms with E-state index in [4.69, 9.17) is 44.0 Å². The fraction of sp³-hybridized carbons (Fsp3) is 0.130. The number of ether oxygens (including phenoxy) is 1. The second kappa shape index (κ2) is 9.60. The SMILES string of the molecule is O=C(CCCOc1ccc(Cl)cc1Cl)Nc1ccc2oc(-c3cccc(Cl)c3)nc2c1. The monoisotopic (exact) mass is 474 g/mol. The molecule has 0 saturated carbocycles. The molecular weight excluding hydrogens is 459 g/mol. The first-order valence-corrected chi connectivity index (χ1v) is 10.7. The minimum atomic E-state index is -0.122. The molecule has 0 atom stereocenters. The van der Waals surface area contributed by atoms with Gasteiger partial charge in [0.25, 0.3) is 0 Å². The van der Waals surface area contributed by atoms with Crippen LogP contribution in [0.4, 0.5) is 5.69 Å². The van der Waals surface area contributed by atoms with Crippen LogP contribution in [0.25, 0.3) is 22.6 Å². The highest BCUT2D eigenvalue weighted by molar-refractivity contribution is 6.35. The number of halogens is 3. The third kappa shape index (κ3) is 5.50. The first kappa shape index (κ1) is 21.5. The Balaban J connectivity index is 1.33. The van der Waals surface area contributed by atoms with E-state index in [0.29, 0.717) is 62.9 Å². The molecule has 1 heterocycles. The van der Waals surface area contributed by atoms with Gasteiger partial charge < -0.3 is 14.5 Å². The molecular formula is C23H17Cl3N2O3. The fourth-order valence-electron chi connectivity index (χ4n) is 2.98. The number of amides is 1. The molecule has 0 fully saturated rings. The highest BCUT2D eigenvalue weighted by Crippen LogP contribution is 2.29. The molecule has 0 spiro atoms. The molecule has 1 aromatic heterocycles. The van der Waals surface area contributed by atoms with Crippen molar-refractivity contribution in [2.24, 2.45) is 0 Å². The number of carbonyl (C=O) groups is 1. The Morgan fingerprint density at radius 2 is 1.84 bits per heavy atom. The number of nitrogens with one attached hydrogen (secondary N) is 1. The number of carbonyl (C=O) groups excluding carboxylic acids is 1. The highest BCUT2D eigenvalue weighted by Gasteiger charge is 2.11. The van der Waals surface area contributed by atoms with Gasteiger partial charge in [0.15, 0.2) is 5.58 Å². The van der Waals surface area contributed by atoms with Gasteiger partial charge in [-0.2, -0.15) is 0 Å². The van der Waals surface area contributed by atoms with E-state index in [1.165, 1.54) is 0 Å². The van der Waals surface area contributed by atoms with Crippen molar-refractivity contribution in [3.8, 4) is 17.2 Å². The second-order valence-electron chi connectivity index (χ2n) is 6.79. The lowest BCUT2D eigenvalue weighted by Gasteiger charge is -2.08. The average Bonchev–Trinajstić information content (AvgIpc) is 3.16. The lowest BCUT2D eigenvalue weighted by atomic mass is 10.2. The van der Waals surface area contributed by atoms with Crippen LogP contribution in [-0.2, 0) is 4.79 Å². The summed E-state index contributed by atoms with van der Waals surface area (Å²) in [7, 11) is 0. The van der Waals surface area contributed by atoms with Gasteiger partial charge in [0.1, 0.15) is 11.3 Å². The number of fused-ring (bicyclic) bond motifs is 1. The van der Waals surface area contributed by atoms with Crippen molar-refractivity contribution in [2.75, 3.05) is 11.9 Å². The van der Waals surface area contributed by atoms with Crippen molar-refractivity contribution in [2.45, 2.75) is 12.8 Å². The van der Waals surface area contributed by atoms with Crippen LogP contribution in [0.15, 0.2) is 65.1 Å². The quantitative estimate of drug-likeness (QED) is 0.286. The summed E-state index contributed by atoms with van der Waals surface area (Å²) in [6.07, 6.45) is 0.839. The largest absolute Gasteiger partial charge is 0.492 e. The third-order valence-corrected chi connectivity index (χ3v) is 5.21. The summed E-state index contributed by atoms with van der Waals surface area (Å²) >= 11 is 18.0. The molecule has 0 unspecified atom stereocenters. The topological polar surface area (TPSA) is 64.4 Å². The number of anilines is 1. The van der Waals surface area contributed by atoms with E-state index in [-0.39, 0.29) is 5.91 Å². The molecule has 5 nitrogen and oxygen atoms in total. The van der Waals surface area contributed by atoms with Crippen molar-refractivity contribution in [3.05, 3.63) is 75.7 Å². The summed E-state index contributed by atoms with van der Waals surface area (Å²) in [4.78, 5) is 16.8. The summed E-state index contributed by atoms with van der Waals surface area (Å²) in [5.74, 6) is 0.890. The van der Waals surface area contributed by atoms with Gasteiger partial charge in [-0.05, 0) is 61.0 Å². The molecule has 4 aromatic rings. The molecule has 8 heteroatoms. The summed E-state index contributed by atoms with van der Waals surface area (Å²) in [6.45, 7) is 0.361. The smallest absolute Gasteiger partial charge is 0.227 e. The molecule has 0 saturated heterocycles. The maximum atomic E-state index is 12.3. The van der Waals surface area contributed by atoms with E-state index in [9.17, 15) is 4.79 Å². The molecule has 0 aliphatic rings. The molecule has 0 bridgehead atoms. The predicted molar refractivity (Wildman–Crippen MR) is 124 cm³/mol. The Hall–Kier alpha value is -2.73. The zero-order valence-corrected chi connectivity index (χ0v) is 18.5. The van der Waals surface area contributed by atoms with Gasteiger partial charge in [0.05, 0.1) is 11.6 Å². The number of oxazole rings is 1. The van der Waals surface area contributed by atoms with Gasteiger partial charge in [-0.15, -0.1) is 0 Å². The number of nitrogens with zero attached hydrogens (tertiary/aromatic N) is 1. The first-order chi connectivity index (χ1) is 15.0. The van der Waals surface area contributed by atoms with E-state index >= 15 is 0 Å². The van der Waals surface area contributed by atoms with Crippen LogP contribution in [0.2, 0.25) is 15.1 Å². The van der Waals surface area contributed by atoms with Crippen molar-refractivity contribution in [3.63, 3.8) is 0 Å².